The van der Waals surface area contributed by atoms with Crippen LogP contribution in [0.5, 0.6) is 5.75 Å². The van der Waals surface area contributed by atoms with Gasteiger partial charge in [0, 0.05) is 5.56 Å². The zero-order valence-corrected chi connectivity index (χ0v) is 14.5. The Morgan fingerprint density at radius 3 is 2.40 bits per heavy atom. The monoisotopic (exact) mass is 361 g/mol. The van der Waals surface area contributed by atoms with Crippen molar-refractivity contribution in [3.8, 4) is 16.9 Å². The molecule has 0 N–H and O–H groups in total. The third kappa shape index (κ3) is 4.10. The minimum atomic E-state index is -0.480. The van der Waals surface area contributed by atoms with Crippen molar-refractivity contribution in [2.24, 2.45) is 4.99 Å². The van der Waals surface area contributed by atoms with Gasteiger partial charge >= 0.3 is 0 Å². The van der Waals surface area contributed by atoms with Gasteiger partial charge in [-0.25, -0.2) is 13.8 Å². The lowest BCUT2D eigenvalue weighted by Gasteiger charge is -2.31. The summed E-state index contributed by atoms with van der Waals surface area (Å²) in [5.41, 5.74) is 1.66. The molecule has 3 rings (SSSR count). The fourth-order valence-corrected chi connectivity index (χ4v) is 2.90. The van der Waals surface area contributed by atoms with E-state index in [0.29, 0.717) is 16.7 Å². The first-order chi connectivity index (χ1) is 12.1. The molecule has 0 saturated heterocycles. The summed E-state index contributed by atoms with van der Waals surface area (Å²) in [6, 6.07) is 9.53. The summed E-state index contributed by atoms with van der Waals surface area (Å²) in [5, 5.41) is 2.36. The van der Waals surface area contributed by atoms with Crippen LogP contribution in [0.1, 0.15) is 18.4 Å². The number of hydrogen-bond donors (Lipinski definition) is 0. The maximum absolute atomic E-state index is 14.3. The lowest BCUT2D eigenvalue weighted by atomic mass is 9.90. The third-order valence-electron chi connectivity index (χ3n) is 4.32. The van der Waals surface area contributed by atoms with Gasteiger partial charge in [0.25, 0.3) is 0 Å². The number of nitrogens with zero attached hydrogens (tertiary/aromatic N) is 1. The quantitative estimate of drug-likeness (QED) is 0.547. The zero-order chi connectivity index (χ0) is 17.8. The molecule has 6 heteroatoms. The Hall–Kier alpha value is -2.14. The average molecular weight is 361 g/mol. The van der Waals surface area contributed by atoms with Crippen LogP contribution in [0.2, 0.25) is 0 Å². The van der Waals surface area contributed by atoms with Gasteiger partial charge in [0.05, 0.1) is 31.0 Å². The van der Waals surface area contributed by atoms with Crippen LogP contribution in [-0.2, 0) is 11.3 Å². The SMILES string of the molecule is COc1ccc(-c2ccc(CO[C@H]3C[C@@H](N=C=S)C3)c(F)c2)cc1F. The van der Waals surface area contributed by atoms with Crippen molar-refractivity contribution < 1.29 is 18.3 Å². The Balaban J connectivity index is 1.65. The molecule has 0 aliphatic heterocycles. The number of ether oxygens (including phenoxy) is 2. The molecule has 0 radical (unpaired) electrons. The summed E-state index contributed by atoms with van der Waals surface area (Å²) < 4.78 is 38.7. The molecule has 2 aromatic carbocycles. The molecule has 1 fully saturated rings. The van der Waals surface area contributed by atoms with Gasteiger partial charge in [0.15, 0.2) is 11.6 Å². The largest absolute Gasteiger partial charge is 0.494 e. The molecule has 0 unspecified atom stereocenters. The lowest BCUT2D eigenvalue weighted by molar-refractivity contribution is -0.0192. The van der Waals surface area contributed by atoms with E-state index in [-0.39, 0.29) is 30.3 Å². The van der Waals surface area contributed by atoms with E-state index < -0.39 is 5.82 Å². The Bertz CT molecular complexity index is 815. The second-order valence-corrected chi connectivity index (χ2v) is 6.12. The normalized spacial score (nSPS) is 19.0. The van der Waals surface area contributed by atoms with Gasteiger partial charge in [0.2, 0.25) is 0 Å². The fourth-order valence-electron chi connectivity index (χ4n) is 2.75. The molecule has 0 bridgehead atoms. The van der Waals surface area contributed by atoms with Crippen LogP contribution >= 0.6 is 12.2 Å². The van der Waals surface area contributed by atoms with Crippen LogP contribution in [0.4, 0.5) is 8.78 Å². The number of benzene rings is 2. The Morgan fingerprint density at radius 1 is 1.12 bits per heavy atom. The fraction of sp³-hybridized carbons (Fsp3) is 0.316. The molecule has 2 aromatic rings. The zero-order valence-electron chi connectivity index (χ0n) is 13.7. The second-order valence-electron chi connectivity index (χ2n) is 5.93. The van der Waals surface area contributed by atoms with Crippen LogP contribution in [0.25, 0.3) is 11.1 Å². The summed E-state index contributed by atoms with van der Waals surface area (Å²) in [6.45, 7) is 0.196. The maximum atomic E-state index is 14.3. The average Bonchev–Trinajstić information content (AvgIpc) is 2.57. The van der Waals surface area contributed by atoms with Crippen molar-refractivity contribution >= 4 is 17.4 Å². The standard InChI is InChI=1S/C19H17F2NO2S/c1-23-19-5-4-13(7-18(19)21)12-2-3-14(17(20)6-12)10-24-16-8-15(9-16)22-11-25/h2-7,15-16H,8-10H2,1H3/t15-,16+. The van der Waals surface area contributed by atoms with E-state index in [4.69, 9.17) is 9.47 Å². The van der Waals surface area contributed by atoms with E-state index in [1.54, 1.807) is 18.2 Å². The van der Waals surface area contributed by atoms with Crippen molar-refractivity contribution in [3.63, 3.8) is 0 Å². The van der Waals surface area contributed by atoms with E-state index in [9.17, 15) is 8.78 Å². The van der Waals surface area contributed by atoms with E-state index in [2.05, 4.69) is 22.4 Å². The predicted octanol–water partition coefficient (Wildman–Crippen LogP) is 4.79. The van der Waals surface area contributed by atoms with Gasteiger partial charge in [-0.05, 0) is 54.4 Å². The van der Waals surface area contributed by atoms with Crippen LogP contribution in [0.15, 0.2) is 41.4 Å². The van der Waals surface area contributed by atoms with E-state index in [1.807, 2.05) is 0 Å². The van der Waals surface area contributed by atoms with Gasteiger partial charge in [-0.15, -0.1) is 0 Å². The molecular formula is C19H17F2NO2S. The number of isothiocyanates is 1. The molecule has 0 heterocycles. The topological polar surface area (TPSA) is 30.8 Å². The molecule has 0 aromatic heterocycles. The summed E-state index contributed by atoms with van der Waals surface area (Å²) in [5.74, 6) is -0.695. The van der Waals surface area contributed by atoms with Gasteiger partial charge in [-0.1, -0.05) is 18.2 Å². The number of rotatable bonds is 6. The molecule has 0 amide bonds. The molecule has 130 valence electrons. The van der Waals surface area contributed by atoms with Crippen LogP contribution in [0.3, 0.4) is 0 Å². The molecule has 1 saturated carbocycles. The maximum Gasteiger partial charge on any atom is 0.165 e. The van der Waals surface area contributed by atoms with Gasteiger partial charge in [-0.3, -0.25) is 0 Å². The first kappa shape index (κ1) is 17.7. The van der Waals surface area contributed by atoms with Crippen molar-refractivity contribution in [1.82, 2.24) is 0 Å². The van der Waals surface area contributed by atoms with Crippen molar-refractivity contribution in [2.45, 2.75) is 31.6 Å². The second kappa shape index (κ2) is 7.83. The highest BCUT2D eigenvalue weighted by Gasteiger charge is 2.29. The van der Waals surface area contributed by atoms with Crippen LogP contribution in [0, 0.1) is 11.6 Å². The third-order valence-corrected chi connectivity index (χ3v) is 4.42. The number of aliphatic imine (C=N–C) groups is 1. The number of halogens is 2. The molecule has 3 nitrogen and oxygen atoms in total. The Kier molecular flexibility index (Phi) is 5.53. The highest BCUT2D eigenvalue weighted by atomic mass is 32.1. The van der Waals surface area contributed by atoms with E-state index in [0.717, 1.165) is 12.8 Å². The molecule has 1 aliphatic carbocycles. The summed E-state index contributed by atoms with van der Waals surface area (Å²) >= 11 is 4.56. The van der Waals surface area contributed by atoms with Crippen molar-refractivity contribution in [3.05, 3.63) is 53.6 Å². The molecule has 1 aliphatic rings. The summed E-state index contributed by atoms with van der Waals surface area (Å²) in [7, 11) is 1.40. The highest BCUT2D eigenvalue weighted by Crippen LogP contribution is 2.29. The lowest BCUT2D eigenvalue weighted by Crippen LogP contribution is -2.34. The minimum Gasteiger partial charge on any atom is -0.494 e. The Labute approximate surface area is 150 Å². The molecule has 25 heavy (non-hydrogen) atoms. The van der Waals surface area contributed by atoms with E-state index in [1.165, 1.54) is 25.3 Å². The number of thiocarbonyl (C=S) groups is 1. The highest BCUT2D eigenvalue weighted by molar-refractivity contribution is 7.78. The molecular weight excluding hydrogens is 344 g/mol. The smallest absolute Gasteiger partial charge is 0.165 e. The van der Waals surface area contributed by atoms with Crippen molar-refractivity contribution in [2.75, 3.05) is 7.11 Å². The number of methoxy groups -OCH3 is 1. The summed E-state index contributed by atoms with van der Waals surface area (Å²) in [4.78, 5) is 3.99. The molecule has 0 atom stereocenters. The first-order valence-electron chi connectivity index (χ1n) is 7.91. The van der Waals surface area contributed by atoms with Crippen LogP contribution in [-0.4, -0.2) is 24.4 Å². The minimum absolute atomic E-state index is 0.0758. The van der Waals surface area contributed by atoms with Crippen LogP contribution < -0.4 is 4.74 Å². The Morgan fingerprint density at radius 2 is 1.80 bits per heavy atom. The van der Waals surface area contributed by atoms with Gasteiger partial charge in [0.1, 0.15) is 5.82 Å². The summed E-state index contributed by atoms with van der Waals surface area (Å²) in [6.07, 6.45) is 1.65. The first-order valence-corrected chi connectivity index (χ1v) is 8.32. The van der Waals surface area contributed by atoms with Gasteiger partial charge < -0.3 is 9.47 Å². The van der Waals surface area contributed by atoms with Gasteiger partial charge in [-0.2, -0.15) is 0 Å². The molecule has 0 spiro atoms. The number of hydrogen-bond acceptors (Lipinski definition) is 4. The predicted molar refractivity (Wildman–Crippen MR) is 95.0 cm³/mol. The van der Waals surface area contributed by atoms with E-state index >= 15 is 0 Å². The van der Waals surface area contributed by atoms with Crippen molar-refractivity contribution in [1.29, 1.82) is 0 Å².